The number of fused-ring (bicyclic) bond motifs is 1. The third kappa shape index (κ3) is 4.90. The smallest absolute Gasteiger partial charge is 0.337 e. The highest BCUT2D eigenvalue weighted by atomic mass is 16.5. The zero-order valence-corrected chi connectivity index (χ0v) is 20.1. The Labute approximate surface area is 206 Å². The third-order valence-corrected chi connectivity index (χ3v) is 5.91. The van der Waals surface area contributed by atoms with E-state index in [9.17, 15) is 19.2 Å². The van der Waals surface area contributed by atoms with E-state index in [0.717, 1.165) is 15.9 Å². The molecule has 0 fully saturated rings. The monoisotopic (exact) mass is 487 g/mol. The number of methoxy groups -OCH3 is 2. The van der Waals surface area contributed by atoms with Crippen LogP contribution in [0.3, 0.4) is 0 Å². The first-order valence-electron chi connectivity index (χ1n) is 11.1. The molecular formula is C27H25N3O6. The van der Waals surface area contributed by atoms with Gasteiger partial charge in [-0.05, 0) is 53.6 Å². The molecule has 0 aliphatic carbocycles. The number of aryl methyl sites for hydroxylation is 1. The molecule has 184 valence electrons. The average molecular weight is 488 g/mol. The number of aromatic nitrogens is 2. The maximum atomic E-state index is 13.3. The molecule has 1 heterocycles. The van der Waals surface area contributed by atoms with E-state index in [4.69, 9.17) is 9.47 Å². The molecule has 36 heavy (non-hydrogen) atoms. The molecule has 0 bridgehead atoms. The second kappa shape index (κ2) is 10.3. The molecule has 1 aromatic heterocycles. The lowest BCUT2D eigenvalue weighted by molar-refractivity contribution is 0.0600. The van der Waals surface area contributed by atoms with Crippen LogP contribution in [0.25, 0.3) is 10.9 Å². The summed E-state index contributed by atoms with van der Waals surface area (Å²) in [6, 6.07) is 18.5. The summed E-state index contributed by atoms with van der Waals surface area (Å²) >= 11 is 0. The molecule has 0 atom stereocenters. The SMILES string of the molecule is COC(=O)c1cccc(Cn2c(=O)c3cc(C(=O)NCc4ccc(OC)cc4)ccc3n(C)c2=O)c1. The van der Waals surface area contributed by atoms with Crippen LogP contribution in [-0.2, 0) is 24.9 Å². The van der Waals surface area contributed by atoms with Crippen LogP contribution in [0.2, 0.25) is 0 Å². The summed E-state index contributed by atoms with van der Waals surface area (Å²) in [7, 11) is 4.43. The molecule has 0 saturated carbocycles. The first-order chi connectivity index (χ1) is 17.3. The number of hydrogen-bond acceptors (Lipinski definition) is 6. The lowest BCUT2D eigenvalue weighted by Gasteiger charge is -2.12. The highest BCUT2D eigenvalue weighted by Gasteiger charge is 2.15. The number of rotatable bonds is 7. The van der Waals surface area contributed by atoms with E-state index in [1.165, 1.54) is 17.7 Å². The molecule has 0 unspecified atom stereocenters. The molecule has 4 rings (SSSR count). The second-order valence-electron chi connectivity index (χ2n) is 8.19. The van der Waals surface area contributed by atoms with Gasteiger partial charge in [0, 0.05) is 19.2 Å². The van der Waals surface area contributed by atoms with Crippen molar-refractivity contribution in [3.63, 3.8) is 0 Å². The summed E-state index contributed by atoms with van der Waals surface area (Å²) in [5.74, 6) is -0.141. The van der Waals surface area contributed by atoms with Crippen LogP contribution in [0, 0.1) is 0 Å². The van der Waals surface area contributed by atoms with E-state index in [1.807, 2.05) is 12.1 Å². The van der Waals surface area contributed by atoms with Crippen LogP contribution in [0.5, 0.6) is 5.75 Å². The summed E-state index contributed by atoms with van der Waals surface area (Å²) in [5.41, 5.74) is 1.47. The summed E-state index contributed by atoms with van der Waals surface area (Å²) in [6.07, 6.45) is 0. The Kier molecular flexibility index (Phi) is 7.00. The van der Waals surface area contributed by atoms with Crippen molar-refractivity contribution in [3.8, 4) is 5.75 Å². The minimum atomic E-state index is -0.527. The Morgan fingerprint density at radius 3 is 2.33 bits per heavy atom. The van der Waals surface area contributed by atoms with Gasteiger partial charge < -0.3 is 14.8 Å². The van der Waals surface area contributed by atoms with Crippen LogP contribution in [0.15, 0.2) is 76.3 Å². The van der Waals surface area contributed by atoms with Gasteiger partial charge in [-0.15, -0.1) is 0 Å². The number of amides is 1. The van der Waals surface area contributed by atoms with Gasteiger partial charge >= 0.3 is 11.7 Å². The molecule has 0 aliphatic rings. The number of nitrogens with one attached hydrogen (secondary N) is 1. The fourth-order valence-corrected chi connectivity index (χ4v) is 3.92. The van der Waals surface area contributed by atoms with Crippen LogP contribution in [0.1, 0.15) is 31.8 Å². The molecule has 0 aliphatic heterocycles. The van der Waals surface area contributed by atoms with Crippen LogP contribution in [0.4, 0.5) is 0 Å². The van der Waals surface area contributed by atoms with E-state index in [1.54, 1.807) is 62.7 Å². The van der Waals surface area contributed by atoms with E-state index in [2.05, 4.69) is 5.32 Å². The summed E-state index contributed by atoms with van der Waals surface area (Å²) in [4.78, 5) is 50.9. The Morgan fingerprint density at radius 1 is 0.889 bits per heavy atom. The Hall–Kier alpha value is -4.66. The van der Waals surface area contributed by atoms with Gasteiger partial charge in [0.2, 0.25) is 0 Å². The van der Waals surface area contributed by atoms with Gasteiger partial charge in [-0.2, -0.15) is 0 Å². The van der Waals surface area contributed by atoms with E-state index < -0.39 is 17.2 Å². The molecular weight excluding hydrogens is 462 g/mol. The maximum absolute atomic E-state index is 13.3. The maximum Gasteiger partial charge on any atom is 0.337 e. The predicted octanol–water partition coefficient (Wildman–Crippen LogP) is 2.47. The van der Waals surface area contributed by atoms with Crippen molar-refractivity contribution in [3.05, 3.63) is 110 Å². The molecule has 9 nitrogen and oxygen atoms in total. The Balaban J connectivity index is 1.64. The van der Waals surface area contributed by atoms with Crippen molar-refractivity contribution >= 4 is 22.8 Å². The lowest BCUT2D eigenvalue weighted by Crippen LogP contribution is -2.39. The van der Waals surface area contributed by atoms with Crippen molar-refractivity contribution in [2.45, 2.75) is 13.1 Å². The molecule has 3 aromatic carbocycles. The molecule has 0 spiro atoms. The minimum absolute atomic E-state index is 0.0415. The van der Waals surface area contributed by atoms with Gasteiger partial charge in [0.15, 0.2) is 0 Å². The minimum Gasteiger partial charge on any atom is -0.497 e. The molecule has 0 radical (unpaired) electrons. The molecule has 1 amide bonds. The number of ether oxygens (including phenoxy) is 2. The van der Waals surface area contributed by atoms with Crippen molar-refractivity contribution in [1.82, 2.24) is 14.5 Å². The molecule has 4 aromatic rings. The number of benzene rings is 3. The Morgan fingerprint density at radius 2 is 1.64 bits per heavy atom. The molecule has 1 N–H and O–H groups in total. The highest BCUT2D eigenvalue weighted by molar-refractivity contribution is 5.97. The van der Waals surface area contributed by atoms with E-state index >= 15 is 0 Å². The normalized spacial score (nSPS) is 10.8. The highest BCUT2D eigenvalue weighted by Crippen LogP contribution is 2.14. The zero-order chi connectivity index (χ0) is 25.8. The van der Waals surface area contributed by atoms with Crippen LogP contribution in [-0.4, -0.2) is 35.2 Å². The molecule has 9 heteroatoms. The third-order valence-electron chi connectivity index (χ3n) is 5.91. The van der Waals surface area contributed by atoms with Crippen LogP contribution >= 0.6 is 0 Å². The van der Waals surface area contributed by atoms with Crippen molar-refractivity contribution < 1.29 is 19.1 Å². The standard InChI is InChI=1S/C27H25N3O6/c1-29-23-12-9-19(24(31)28-15-17-7-10-21(35-2)11-8-17)14-22(23)25(32)30(27(29)34)16-18-5-4-6-20(13-18)26(33)36-3/h4-14H,15-16H2,1-3H3,(H,28,31). The van der Waals surface area contributed by atoms with Crippen molar-refractivity contribution in [1.29, 1.82) is 0 Å². The largest absolute Gasteiger partial charge is 0.497 e. The molecule has 0 saturated heterocycles. The van der Waals surface area contributed by atoms with Crippen LogP contribution < -0.4 is 21.3 Å². The van der Waals surface area contributed by atoms with Gasteiger partial charge in [-0.1, -0.05) is 24.3 Å². The fraction of sp³-hybridized carbons (Fsp3) is 0.185. The summed E-state index contributed by atoms with van der Waals surface area (Å²) < 4.78 is 12.3. The Bertz CT molecular complexity index is 1570. The van der Waals surface area contributed by atoms with Gasteiger partial charge in [0.1, 0.15) is 5.75 Å². The number of hydrogen-bond donors (Lipinski definition) is 1. The van der Waals surface area contributed by atoms with E-state index in [-0.39, 0.29) is 17.8 Å². The topological polar surface area (TPSA) is 109 Å². The number of carbonyl (C=O) groups is 2. The van der Waals surface area contributed by atoms with Gasteiger partial charge in [0.25, 0.3) is 11.5 Å². The number of esters is 1. The lowest BCUT2D eigenvalue weighted by atomic mass is 10.1. The van der Waals surface area contributed by atoms with Crippen molar-refractivity contribution in [2.24, 2.45) is 7.05 Å². The van der Waals surface area contributed by atoms with Crippen molar-refractivity contribution in [2.75, 3.05) is 14.2 Å². The predicted molar refractivity (Wildman–Crippen MR) is 134 cm³/mol. The first kappa shape index (κ1) is 24.5. The van der Waals surface area contributed by atoms with E-state index in [0.29, 0.717) is 28.8 Å². The average Bonchev–Trinajstić information content (AvgIpc) is 2.92. The second-order valence-corrected chi connectivity index (χ2v) is 8.19. The first-order valence-corrected chi connectivity index (χ1v) is 11.1. The quantitative estimate of drug-likeness (QED) is 0.401. The number of nitrogens with zero attached hydrogens (tertiary/aromatic N) is 2. The summed E-state index contributed by atoms with van der Waals surface area (Å²) in [6.45, 7) is 0.259. The number of carbonyl (C=O) groups excluding carboxylic acids is 2. The zero-order valence-electron chi connectivity index (χ0n) is 20.1. The van der Waals surface area contributed by atoms with Gasteiger partial charge in [-0.25, -0.2) is 9.59 Å². The van der Waals surface area contributed by atoms with Gasteiger partial charge in [0.05, 0.1) is 37.2 Å². The van der Waals surface area contributed by atoms with Gasteiger partial charge in [-0.3, -0.25) is 18.7 Å². The summed E-state index contributed by atoms with van der Waals surface area (Å²) in [5, 5.41) is 3.07. The fourth-order valence-electron chi connectivity index (χ4n) is 3.92.